The molecule has 0 heterocycles. The highest BCUT2D eigenvalue weighted by molar-refractivity contribution is 4.54. The van der Waals surface area contributed by atoms with E-state index < -0.39 is 12.2 Å². The molecule has 0 aliphatic rings. The molecule has 0 aliphatic carbocycles. The van der Waals surface area contributed by atoms with Crippen molar-refractivity contribution in [3.8, 4) is 0 Å². The van der Waals surface area contributed by atoms with Gasteiger partial charge in [0.05, 0.1) is 25.4 Å². The van der Waals surface area contributed by atoms with E-state index in [1.807, 2.05) is 0 Å². The topological polar surface area (TPSA) is 80.9 Å². The molecule has 0 bridgehead atoms. The van der Waals surface area contributed by atoms with E-state index in [1.165, 1.54) is 0 Å². The van der Waals surface area contributed by atoms with Gasteiger partial charge >= 0.3 is 0 Å². The molecule has 0 aliphatic heterocycles. The molecule has 0 spiro atoms. The van der Waals surface area contributed by atoms with Gasteiger partial charge in [-0.25, -0.2) is 0 Å². The first-order chi connectivity index (χ1) is 8.83. The Labute approximate surface area is 118 Å². The highest BCUT2D eigenvalue weighted by Gasteiger charge is 2.02. The maximum Gasteiger partial charge on any atom is 0.0771 e. The third-order valence-corrected chi connectivity index (χ3v) is 2.82. The molecular weight excluding hydrogens is 244 g/mol. The summed E-state index contributed by atoms with van der Waals surface area (Å²) >= 11 is 0. The van der Waals surface area contributed by atoms with Crippen LogP contribution in [0.4, 0.5) is 0 Å². The summed E-state index contributed by atoms with van der Waals surface area (Å²) in [4.78, 5) is 0. The smallest absolute Gasteiger partial charge is 0.0771 e. The van der Waals surface area contributed by atoms with Crippen molar-refractivity contribution in [2.24, 2.45) is 11.8 Å². The van der Waals surface area contributed by atoms with Crippen molar-refractivity contribution in [2.75, 3.05) is 13.2 Å². The molecule has 2 unspecified atom stereocenters. The summed E-state index contributed by atoms with van der Waals surface area (Å²) in [6, 6.07) is 0. The molecule has 118 valence electrons. The third kappa shape index (κ3) is 20.3. The van der Waals surface area contributed by atoms with E-state index in [0.717, 1.165) is 25.7 Å². The van der Waals surface area contributed by atoms with Gasteiger partial charge in [0, 0.05) is 0 Å². The molecule has 0 aromatic carbocycles. The van der Waals surface area contributed by atoms with Crippen LogP contribution in [-0.4, -0.2) is 45.8 Å². The van der Waals surface area contributed by atoms with Gasteiger partial charge in [0.15, 0.2) is 0 Å². The fraction of sp³-hybridized carbons (Fsp3) is 1.00. The quantitative estimate of drug-likeness (QED) is 0.519. The van der Waals surface area contributed by atoms with Gasteiger partial charge in [-0.2, -0.15) is 0 Å². The Hall–Kier alpha value is -0.160. The van der Waals surface area contributed by atoms with E-state index in [4.69, 9.17) is 20.4 Å². The van der Waals surface area contributed by atoms with E-state index >= 15 is 0 Å². The summed E-state index contributed by atoms with van der Waals surface area (Å²) in [5, 5.41) is 34.6. The summed E-state index contributed by atoms with van der Waals surface area (Å²) < 4.78 is 0. The summed E-state index contributed by atoms with van der Waals surface area (Å²) in [7, 11) is 0. The first-order valence-electron chi connectivity index (χ1n) is 7.41. The summed E-state index contributed by atoms with van der Waals surface area (Å²) in [5.74, 6) is 1.32. The summed E-state index contributed by atoms with van der Waals surface area (Å²) in [6.45, 7) is 8.32. The Morgan fingerprint density at radius 3 is 1.42 bits per heavy atom. The van der Waals surface area contributed by atoms with Crippen molar-refractivity contribution in [3.63, 3.8) is 0 Å². The maximum atomic E-state index is 8.92. The highest BCUT2D eigenvalue weighted by Crippen LogP contribution is 2.07. The first kappa shape index (κ1) is 21.1. The molecule has 4 heteroatoms. The monoisotopic (exact) mass is 278 g/mol. The fourth-order valence-corrected chi connectivity index (χ4v) is 1.47. The SMILES string of the molecule is CC(C)CCC(O)CO.CC(C)CCCC(O)CO. The molecule has 0 amide bonds. The Kier molecular flexibility index (Phi) is 15.9. The van der Waals surface area contributed by atoms with Gasteiger partial charge in [-0.15, -0.1) is 0 Å². The van der Waals surface area contributed by atoms with Crippen LogP contribution < -0.4 is 0 Å². The van der Waals surface area contributed by atoms with Crippen molar-refractivity contribution >= 4 is 0 Å². The van der Waals surface area contributed by atoms with Crippen LogP contribution in [0.1, 0.15) is 59.8 Å². The van der Waals surface area contributed by atoms with Crippen LogP contribution in [0, 0.1) is 11.8 Å². The van der Waals surface area contributed by atoms with E-state index in [1.54, 1.807) is 0 Å². The van der Waals surface area contributed by atoms with E-state index in [-0.39, 0.29) is 13.2 Å². The molecule has 0 rings (SSSR count). The number of hydrogen-bond acceptors (Lipinski definition) is 4. The molecule has 4 nitrogen and oxygen atoms in total. The standard InChI is InChI=1S/C8H18O2.C7H16O2/c1-7(2)4-3-5-8(10)6-9;1-6(2)3-4-7(9)5-8/h7-10H,3-6H2,1-2H3;6-9H,3-5H2,1-2H3. The minimum atomic E-state index is -0.507. The largest absolute Gasteiger partial charge is 0.394 e. The van der Waals surface area contributed by atoms with Gasteiger partial charge in [-0.3, -0.25) is 0 Å². The Morgan fingerprint density at radius 2 is 1.05 bits per heavy atom. The van der Waals surface area contributed by atoms with E-state index in [2.05, 4.69) is 27.7 Å². The zero-order chi connectivity index (χ0) is 15.3. The van der Waals surface area contributed by atoms with Gasteiger partial charge in [-0.05, 0) is 31.1 Å². The average Bonchev–Trinajstić information content (AvgIpc) is 2.35. The van der Waals surface area contributed by atoms with Crippen LogP contribution in [0.3, 0.4) is 0 Å². The first-order valence-corrected chi connectivity index (χ1v) is 7.41. The Bertz CT molecular complexity index is 172. The van der Waals surface area contributed by atoms with Crippen molar-refractivity contribution in [1.82, 2.24) is 0 Å². The maximum absolute atomic E-state index is 8.92. The second-order valence-electron chi connectivity index (χ2n) is 5.97. The summed E-state index contributed by atoms with van der Waals surface area (Å²) in [6.07, 6.45) is 3.58. The van der Waals surface area contributed by atoms with E-state index in [0.29, 0.717) is 18.3 Å². The number of aliphatic hydroxyl groups is 4. The van der Waals surface area contributed by atoms with Crippen LogP contribution in [0.25, 0.3) is 0 Å². The lowest BCUT2D eigenvalue weighted by Gasteiger charge is -2.07. The zero-order valence-electron chi connectivity index (χ0n) is 13.0. The Balaban J connectivity index is 0. The van der Waals surface area contributed by atoms with Gasteiger partial charge in [0.25, 0.3) is 0 Å². The molecule has 0 saturated carbocycles. The molecule has 0 fully saturated rings. The number of aliphatic hydroxyl groups excluding tert-OH is 4. The third-order valence-electron chi connectivity index (χ3n) is 2.82. The predicted octanol–water partition coefficient (Wildman–Crippen LogP) is 1.94. The normalized spacial score (nSPS) is 14.2. The van der Waals surface area contributed by atoms with Crippen molar-refractivity contribution < 1.29 is 20.4 Å². The lowest BCUT2D eigenvalue weighted by molar-refractivity contribution is 0.0837. The molecule has 4 N–H and O–H groups in total. The van der Waals surface area contributed by atoms with Gasteiger partial charge in [-0.1, -0.05) is 40.5 Å². The highest BCUT2D eigenvalue weighted by atomic mass is 16.3. The van der Waals surface area contributed by atoms with Crippen LogP contribution in [0.15, 0.2) is 0 Å². The van der Waals surface area contributed by atoms with Crippen LogP contribution in [-0.2, 0) is 0 Å². The second kappa shape index (κ2) is 14.3. The molecular formula is C15H34O4. The minimum Gasteiger partial charge on any atom is -0.394 e. The van der Waals surface area contributed by atoms with Crippen LogP contribution >= 0.6 is 0 Å². The van der Waals surface area contributed by atoms with Crippen molar-refractivity contribution in [1.29, 1.82) is 0 Å². The van der Waals surface area contributed by atoms with Gasteiger partial charge in [0.2, 0.25) is 0 Å². The van der Waals surface area contributed by atoms with Crippen molar-refractivity contribution in [2.45, 2.75) is 72.0 Å². The lowest BCUT2D eigenvalue weighted by atomic mass is 10.0. The number of hydrogen-bond donors (Lipinski definition) is 4. The molecule has 0 aromatic heterocycles. The van der Waals surface area contributed by atoms with Gasteiger partial charge < -0.3 is 20.4 Å². The molecule has 0 radical (unpaired) electrons. The van der Waals surface area contributed by atoms with Crippen LogP contribution in [0.2, 0.25) is 0 Å². The van der Waals surface area contributed by atoms with Crippen molar-refractivity contribution in [3.05, 3.63) is 0 Å². The number of rotatable bonds is 9. The Morgan fingerprint density at radius 1 is 0.632 bits per heavy atom. The predicted molar refractivity (Wildman–Crippen MR) is 78.9 cm³/mol. The summed E-state index contributed by atoms with van der Waals surface area (Å²) in [5.41, 5.74) is 0. The van der Waals surface area contributed by atoms with Crippen LogP contribution in [0.5, 0.6) is 0 Å². The fourth-order valence-electron chi connectivity index (χ4n) is 1.47. The molecule has 19 heavy (non-hydrogen) atoms. The molecule has 0 aromatic rings. The second-order valence-corrected chi connectivity index (χ2v) is 5.97. The zero-order valence-corrected chi connectivity index (χ0v) is 13.0. The molecule has 0 saturated heterocycles. The lowest BCUT2D eigenvalue weighted by Crippen LogP contribution is -2.12. The van der Waals surface area contributed by atoms with Gasteiger partial charge in [0.1, 0.15) is 0 Å². The van der Waals surface area contributed by atoms with E-state index in [9.17, 15) is 0 Å². The minimum absolute atomic E-state index is 0.0991. The molecule has 2 atom stereocenters. The average molecular weight is 278 g/mol.